The molecule has 0 unspecified atom stereocenters. The summed E-state index contributed by atoms with van der Waals surface area (Å²) in [6.07, 6.45) is 5.18. The van der Waals surface area contributed by atoms with Crippen LogP contribution in [0.3, 0.4) is 0 Å². The molecule has 29 heavy (non-hydrogen) atoms. The van der Waals surface area contributed by atoms with Crippen molar-refractivity contribution in [3.63, 3.8) is 0 Å². The van der Waals surface area contributed by atoms with Gasteiger partial charge in [0.2, 0.25) is 5.95 Å². The Morgan fingerprint density at radius 1 is 0.828 bits per heavy atom. The van der Waals surface area contributed by atoms with Gasteiger partial charge in [-0.05, 0) is 29.2 Å². The first-order valence-electron chi connectivity index (χ1n) is 9.95. The molecule has 1 fully saturated rings. The number of aromatic nitrogens is 4. The Balaban J connectivity index is 1.40. The fourth-order valence-electron chi connectivity index (χ4n) is 3.38. The van der Waals surface area contributed by atoms with E-state index < -0.39 is 0 Å². The van der Waals surface area contributed by atoms with Gasteiger partial charge in [0, 0.05) is 50.3 Å². The van der Waals surface area contributed by atoms with E-state index >= 15 is 0 Å². The smallest absolute Gasteiger partial charge is 0.225 e. The number of hydrogen-bond donors (Lipinski definition) is 1. The maximum Gasteiger partial charge on any atom is 0.225 e. The molecule has 150 valence electrons. The van der Waals surface area contributed by atoms with E-state index in [1.165, 1.54) is 5.56 Å². The summed E-state index contributed by atoms with van der Waals surface area (Å²) in [6, 6.07) is 12.4. The maximum absolute atomic E-state index is 4.47. The number of hydrogen-bond acceptors (Lipinski definition) is 7. The molecule has 4 rings (SSSR count). The zero-order valence-corrected chi connectivity index (χ0v) is 17.2. The van der Waals surface area contributed by atoms with E-state index in [9.17, 15) is 0 Å². The lowest BCUT2D eigenvalue weighted by Gasteiger charge is -2.35. The van der Waals surface area contributed by atoms with Crippen LogP contribution < -0.4 is 15.1 Å². The highest BCUT2D eigenvalue weighted by Crippen LogP contribution is 2.25. The number of piperazine rings is 1. The topological polar surface area (TPSA) is 70.1 Å². The van der Waals surface area contributed by atoms with Crippen molar-refractivity contribution in [3.8, 4) is 0 Å². The van der Waals surface area contributed by atoms with Crippen LogP contribution in [0.25, 0.3) is 0 Å². The lowest BCUT2D eigenvalue weighted by atomic mass is 9.87. The maximum atomic E-state index is 4.47. The highest BCUT2D eigenvalue weighted by molar-refractivity contribution is 5.60. The molecular weight excluding hydrogens is 362 g/mol. The number of nitrogens with one attached hydrogen (secondary N) is 1. The van der Waals surface area contributed by atoms with E-state index in [1.54, 1.807) is 18.7 Å². The molecule has 3 heterocycles. The van der Waals surface area contributed by atoms with Crippen molar-refractivity contribution >= 4 is 23.3 Å². The summed E-state index contributed by atoms with van der Waals surface area (Å²) in [6.45, 7) is 10.1. The molecule has 0 saturated carbocycles. The first kappa shape index (κ1) is 19.1. The quantitative estimate of drug-likeness (QED) is 0.730. The molecule has 0 amide bonds. The third-order valence-corrected chi connectivity index (χ3v) is 5.11. The monoisotopic (exact) mass is 389 g/mol. The van der Waals surface area contributed by atoms with Crippen molar-refractivity contribution in [2.75, 3.05) is 41.3 Å². The van der Waals surface area contributed by atoms with Crippen LogP contribution in [0.1, 0.15) is 26.3 Å². The van der Waals surface area contributed by atoms with Crippen LogP contribution in [0.2, 0.25) is 0 Å². The molecule has 0 aliphatic carbocycles. The molecule has 1 saturated heterocycles. The van der Waals surface area contributed by atoms with Gasteiger partial charge < -0.3 is 15.1 Å². The zero-order chi connectivity index (χ0) is 20.3. The number of rotatable bonds is 4. The van der Waals surface area contributed by atoms with E-state index in [0.717, 1.165) is 49.5 Å². The van der Waals surface area contributed by atoms with Crippen molar-refractivity contribution < 1.29 is 0 Å². The molecule has 7 heteroatoms. The van der Waals surface area contributed by atoms with Gasteiger partial charge in [-0.2, -0.15) is 0 Å². The second-order valence-electron chi connectivity index (χ2n) is 8.24. The SMILES string of the molecule is CC(C)(C)c1ccc(Nc2cc(N3CCN(c4ncccn4)CC3)ncn2)cc1. The van der Waals surface area contributed by atoms with Crippen molar-refractivity contribution in [1.82, 2.24) is 19.9 Å². The van der Waals surface area contributed by atoms with E-state index in [-0.39, 0.29) is 5.41 Å². The summed E-state index contributed by atoms with van der Waals surface area (Å²) in [7, 11) is 0. The normalized spacial score (nSPS) is 14.7. The van der Waals surface area contributed by atoms with Gasteiger partial charge in [-0.1, -0.05) is 32.9 Å². The van der Waals surface area contributed by atoms with E-state index in [0.29, 0.717) is 0 Å². The van der Waals surface area contributed by atoms with Gasteiger partial charge in [0.1, 0.15) is 18.0 Å². The molecular formula is C22H27N7. The van der Waals surface area contributed by atoms with Gasteiger partial charge in [0.15, 0.2) is 0 Å². The fourth-order valence-corrected chi connectivity index (χ4v) is 3.38. The van der Waals surface area contributed by atoms with E-state index in [4.69, 9.17) is 0 Å². The van der Waals surface area contributed by atoms with Crippen molar-refractivity contribution in [1.29, 1.82) is 0 Å². The Kier molecular flexibility index (Phi) is 5.29. The Bertz CT molecular complexity index is 927. The molecule has 1 aliphatic heterocycles. The summed E-state index contributed by atoms with van der Waals surface area (Å²) >= 11 is 0. The van der Waals surface area contributed by atoms with Gasteiger partial charge in [-0.3, -0.25) is 0 Å². The van der Waals surface area contributed by atoms with Crippen molar-refractivity contribution in [3.05, 3.63) is 60.7 Å². The molecule has 0 atom stereocenters. The van der Waals surface area contributed by atoms with Gasteiger partial charge in [-0.15, -0.1) is 0 Å². The average molecular weight is 390 g/mol. The van der Waals surface area contributed by atoms with Gasteiger partial charge in [0.05, 0.1) is 0 Å². The van der Waals surface area contributed by atoms with Crippen LogP contribution in [0.15, 0.2) is 55.1 Å². The molecule has 7 nitrogen and oxygen atoms in total. The standard InChI is InChI=1S/C22H27N7/c1-22(2,3)17-5-7-18(8-6-17)27-19-15-20(26-16-25-19)28-11-13-29(14-12-28)21-23-9-4-10-24-21/h4-10,15-16H,11-14H2,1-3H3,(H,25,26,27). The Hall–Kier alpha value is -3.22. The lowest BCUT2D eigenvalue weighted by molar-refractivity contribution is 0.590. The van der Waals surface area contributed by atoms with Gasteiger partial charge >= 0.3 is 0 Å². The third-order valence-electron chi connectivity index (χ3n) is 5.11. The van der Waals surface area contributed by atoms with Crippen LogP contribution in [0, 0.1) is 0 Å². The van der Waals surface area contributed by atoms with Crippen LogP contribution in [0.5, 0.6) is 0 Å². The first-order chi connectivity index (χ1) is 14.0. The highest BCUT2D eigenvalue weighted by atomic mass is 15.3. The van der Waals surface area contributed by atoms with Crippen LogP contribution >= 0.6 is 0 Å². The number of benzene rings is 1. The van der Waals surface area contributed by atoms with Gasteiger partial charge in [-0.25, -0.2) is 19.9 Å². The van der Waals surface area contributed by atoms with Crippen LogP contribution in [-0.4, -0.2) is 46.1 Å². The van der Waals surface area contributed by atoms with E-state index in [2.05, 4.69) is 80.1 Å². The average Bonchev–Trinajstić information content (AvgIpc) is 2.74. The first-order valence-corrected chi connectivity index (χ1v) is 9.95. The Labute approximate surface area is 171 Å². The molecule has 0 spiro atoms. The molecule has 2 aromatic heterocycles. The molecule has 1 aromatic carbocycles. The minimum Gasteiger partial charge on any atom is -0.353 e. The summed E-state index contributed by atoms with van der Waals surface area (Å²) in [4.78, 5) is 22.0. The minimum atomic E-state index is 0.146. The van der Waals surface area contributed by atoms with Crippen LogP contribution in [0.4, 0.5) is 23.3 Å². The fraction of sp³-hybridized carbons (Fsp3) is 0.364. The van der Waals surface area contributed by atoms with Crippen molar-refractivity contribution in [2.45, 2.75) is 26.2 Å². The third kappa shape index (κ3) is 4.62. The number of nitrogens with zero attached hydrogens (tertiary/aromatic N) is 6. The summed E-state index contributed by atoms with van der Waals surface area (Å²) < 4.78 is 0. The highest BCUT2D eigenvalue weighted by Gasteiger charge is 2.20. The summed E-state index contributed by atoms with van der Waals surface area (Å²) in [5, 5.41) is 3.39. The minimum absolute atomic E-state index is 0.146. The number of anilines is 4. The second-order valence-corrected chi connectivity index (χ2v) is 8.24. The van der Waals surface area contributed by atoms with E-state index in [1.807, 2.05) is 12.1 Å². The summed E-state index contributed by atoms with van der Waals surface area (Å²) in [5.41, 5.74) is 2.48. The Morgan fingerprint density at radius 2 is 1.48 bits per heavy atom. The molecule has 0 radical (unpaired) electrons. The van der Waals surface area contributed by atoms with Gasteiger partial charge in [0.25, 0.3) is 0 Å². The second kappa shape index (κ2) is 8.03. The lowest BCUT2D eigenvalue weighted by Crippen LogP contribution is -2.47. The predicted octanol–water partition coefficient (Wildman–Crippen LogP) is 3.63. The Morgan fingerprint density at radius 3 is 2.14 bits per heavy atom. The van der Waals surface area contributed by atoms with Crippen molar-refractivity contribution in [2.24, 2.45) is 0 Å². The largest absolute Gasteiger partial charge is 0.353 e. The zero-order valence-electron chi connectivity index (χ0n) is 17.2. The molecule has 1 aliphatic rings. The molecule has 0 bridgehead atoms. The van der Waals surface area contributed by atoms with Crippen LogP contribution in [-0.2, 0) is 5.41 Å². The molecule has 3 aromatic rings. The summed E-state index contributed by atoms with van der Waals surface area (Å²) in [5.74, 6) is 2.52. The molecule has 1 N–H and O–H groups in total. The predicted molar refractivity (Wildman–Crippen MR) is 117 cm³/mol.